The number of amides is 1. The molecule has 0 radical (unpaired) electrons. The first-order valence-corrected chi connectivity index (χ1v) is 13.7. The normalized spacial score (nSPS) is 11.1. The molecule has 0 spiro atoms. The van der Waals surface area contributed by atoms with Gasteiger partial charge < -0.3 is 23.9 Å². The van der Waals surface area contributed by atoms with Gasteiger partial charge in [0.1, 0.15) is 34.3 Å². The third kappa shape index (κ3) is 5.41. The van der Waals surface area contributed by atoms with E-state index in [0.717, 1.165) is 16.8 Å². The number of nitrogens with zero attached hydrogens (tertiary/aromatic N) is 6. The quantitative estimate of drug-likeness (QED) is 0.235. The van der Waals surface area contributed by atoms with Gasteiger partial charge in [0.05, 0.1) is 38.2 Å². The van der Waals surface area contributed by atoms with E-state index >= 15 is 0 Å². The van der Waals surface area contributed by atoms with Crippen molar-refractivity contribution in [2.24, 2.45) is 7.05 Å². The number of hydrogen-bond donors (Lipinski definition) is 1. The summed E-state index contributed by atoms with van der Waals surface area (Å²) >= 11 is 0. The van der Waals surface area contributed by atoms with Gasteiger partial charge in [-0.05, 0) is 45.9 Å². The maximum absolute atomic E-state index is 13.5. The minimum absolute atomic E-state index is 0.101. The second-order valence-electron chi connectivity index (χ2n) is 9.71. The maximum Gasteiger partial charge on any atom is 0.376 e. The Morgan fingerprint density at radius 3 is 2.53 bits per heavy atom. The molecular weight excluding hydrogens is 554 g/mol. The number of hydrogen-bond acceptors (Lipinski definition) is 10. The van der Waals surface area contributed by atoms with Crippen molar-refractivity contribution in [3.05, 3.63) is 58.7 Å². The standard InChI is InChI=1S/C30H33N7O6/c1-8-37-26(16(3)17(4)35-37)29-34-25(27(43-29)30(39)42-9-2)24-20-15-32-36(5)22(20)13-21(33-24)28(38)31-14-18-10-11-19(40-6)12-23(18)41-7/h10-13,15H,8-9,14H2,1-7H3,(H,31,38). The predicted molar refractivity (Wildman–Crippen MR) is 157 cm³/mol. The lowest BCUT2D eigenvalue weighted by Gasteiger charge is -2.12. The first-order valence-electron chi connectivity index (χ1n) is 13.7. The number of fused-ring (bicyclic) bond motifs is 1. The number of esters is 1. The highest BCUT2D eigenvalue weighted by Gasteiger charge is 2.30. The predicted octanol–water partition coefficient (Wildman–Crippen LogP) is 4.25. The summed E-state index contributed by atoms with van der Waals surface area (Å²) < 4.78 is 25.5. The van der Waals surface area contributed by atoms with Crippen LogP contribution in [0.1, 0.15) is 51.7 Å². The van der Waals surface area contributed by atoms with Gasteiger partial charge in [0.2, 0.25) is 11.7 Å². The summed E-state index contributed by atoms with van der Waals surface area (Å²) in [6.07, 6.45) is 1.61. The number of ether oxygens (including phenoxy) is 3. The van der Waals surface area contributed by atoms with Crippen LogP contribution in [0.3, 0.4) is 0 Å². The Morgan fingerprint density at radius 2 is 1.84 bits per heavy atom. The summed E-state index contributed by atoms with van der Waals surface area (Å²) in [5.41, 5.74) is 4.18. The molecule has 5 aromatic rings. The number of carbonyl (C=O) groups is 2. The summed E-state index contributed by atoms with van der Waals surface area (Å²) in [6.45, 7) is 8.34. The van der Waals surface area contributed by atoms with Crippen LogP contribution in [-0.4, -0.2) is 62.2 Å². The van der Waals surface area contributed by atoms with Crippen LogP contribution in [0, 0.1) is 13.8 Å². The highest BCUT2D eigenvalue weighted by atomic mass is 16.5. The molecule has 0 unspecified atom stereocenters. The molecule has 1 N–H and O–H groups in total. The van der Waals surface area contributed by atoms with Crippen LogP contribution in [0.25, 0.3) is 33.9 Å². The third-order valence-corrected chi connectivity index (χ3v) is 7.15. The molecule has 13 nitrogen and oxygen atoms in total. The summed E-state index contributed by atoms with van der Waals surface area (Å²) in [5, 5.41) is 12.4. The molecule has 0 aliphatic rings. The van der Waals surface area contributed by atoms with Crippen molar-refractivity contribution in [1.82, 2.24) is 34.8 Å². The Morgan fingerprint density at radius 1 is 1.05 bits per heavy atom. The molecule has 43 heavy (non-hydrogen) atoms. The number of methoxy groups -OCH3 is 2. The van der Waals surface area contributed by atoms with E-state index in [0.29, 0.717) is 34.6 Å². The Balaban J connectivity index is 1.61. The zero-order valence-electron chi connectivity index (χ0n) is 25.1. The largest absolute Gasteiger partial charge is 0.497 e. The van der Waals surface area contributed by atoms with Gasteiger partial charge in [0.15, 0.2) is 0 Å². The van der Waals surface area contributed by atoms with Crippen molar-refractivity contribution in [1.29, 1.82) is 0 Å². The first kappa shape index (κ1) is 29.3. The molecule has 0 aliphatic heterocycles. The van der Waals surface area contributed by atoms with Gasteiger partial charge in [-0.2, -0.15) is 10.2 Å². The van der Waals surface area contributed by atoms with Crippen molar-refractivity contribution in [3.8, 4) is 34.5 Å². The average molecular weight is 588 g/mol. The lowest BCUT2D eigenvalue weighted by Crippen LogP contribution is -2.24. The summed E-state index contributed by atoms with van der Waals surface area (Å²) in [5.74, 6) is 0.125. The molecule has 0 aliphatic carbocycles. The SMILES string of the molecule is CCOC(=O)c1oc(-c2c(C)c(C)nn2CC)nc1-c1nc(C(=O)NCc2ccc(OC)cc2OC)cc2c1cnn2C. The van der Waals surface area contributed by atoms with Crippen LogP contribution in [0.2, 0.25) is 0 Å². The van der Waals surface area contributed by atoms with E-state index in [2.05, 4.69) is 20.5 Å². The molecule has 0 saturated heterocycles. The van der Waals surface area contributed by atoms with Crippen LogP contribution in [-0.2, 0) is 24.9 Å². The van der Waals surface area contributed by atoms with Gasteiger partial charge in [-0.3, -0.25) is 14.2 Å². The van der Waals surface area contributed by atoms with Gasteiger partial charge in [0, 0.05) is 42.7 Å². The molecular formula is C30H33N7O6. The summed E-state index contributed by atoms with van der Waals surface area (Å²) in [4.78, 5) is 36.0. The van der Waals surface area contributed by atoms with E-state index in [1.165, 1.54) is 0 Å². The minimum Gasteiger partial charge on any atom is -0.497 e. The zero-order valence-corrected chi connectivity index (χ0v) is 25.1. The molecule has 0 saturated carbocycles. The Kier molecular flexibility index (Phi) is 8.15. The average Bonchev–Trinajstić information content (AvgIpc) is 3.70. The monoisotopic (exact) mass is 587 g/mol. The highest BCUT2D eigenvalue weighted by Crippen LogP contribution is 2.35. The van der Waals surface area contributed by atoms with E-state index in [1.807, 2.05) is 26.8 Å². The first-order chi connectivity index (χ1) is 20.7. The Hall–Kier alpha value is -5.20. The molecule has 1 aromatic carbocycles. The van der Waals surface area contributed by atoms with Gasteiger partial charge in [-0.15, -0.1) is 0 Å². The zero-order chi connectivity index (χ0) is 30.8. The van der Waals surface area contributed by atoms with Crippen molar-refractivity contribution in [2.75, 3.05) is 20.8 Å². The molecule has 5 rings (SSSR count). The van der Waals surface area contributed by atoms with Crippen molar-refractivity contribution < 1.29 is 28.2 Å². The van der Waals surface area contributed by atoms with Crippen molar-refractivity contribution in [3.63, 3.8) is 0 Å². The number of rotatable bonds is 10. The molecule has 4 aromatic heterocycles. The second-order valence-corrected chi connectivity index (χ2v) is 9.71. The minimum atomic E-state index is -0.700. The lowest BCUT2D eigenvalue weighted by molar-refractivity contribution is 0.0492. The number of benzene rings is 1. The number of aryl methyl sites for hydroxylation is 3. The smallest absolute Gasteiger partial charge is 0.376 e. The molecule has 0 atom stereocenters. The summed E-state index contributed by atoms with van der Waals surface area (Å²) in [6, 6.07) is 6.98. The van der Waals surface area contributed by atoms with Gasteiger partial charge in [-0.1, -0.05) is 0 Å². The van der Waals surface area contributed by atoms with Gasteiger partial charge in [-0.25, -0.2) is 14.8 Å². The number of carbonyl (C=O) groups excluding carboxylic acids is 2. The van der Waals surface area contributed by atoms with E-state index in [9.17, 15) is 9.59 Å². The van der Waals surface area contributed by atoms with E-state index in [-0.39, 0.29) is 41.9 Å². The number of aromatic nitrogens is 6. The van der Waals surface area contributed by atoms with Crippen molar-refractivity contribution in [2.45, 2.75) is 40.8 Å². The summed E-state index contributed by atoms with van der Waals surface area (Å²) in [7, 11) is 4.87. The van der Waals surface area contributed by atoms with Crippen LogP contribution >= 0.6 is 0 Å². The fourth-order valence-electron chi connectivity index (χ4n) is 4.79. The van der Waals surface area contributed by atoms with Crippen LogP contribution in [0.4, 0.5) is 0 Å². The lowest BCUT2D eigenvalue weighted by atomic mass is 10.1. The third-order valence-electron chi connectivity index (χ3n) is 7.15. The second kappa shape index (κ2) is 12.0. The molecule has 0 bridgehead atoms. The van der Waals surface area contributed by atoms with Crippen LogP contribution in [0.5, 0.6) is 11.5 Å². The Labute approximate surface area is 247 Å². The van der Waals surface area contributed by atoms with E-state index in [4.69, 9.17) is 23.6 Å². The molecule has 1 amide bonds. The maximum atomic E-state index is 13.5. The van der Waals surface area contributed by atoms with Crippen LogP contribution < -0.4 is 14.8 Å². The fourth-order valence-corrected chi connectivity index (χ4v) is 4.79. The van der Waals surface area contributed by atoms with E-state index < -0.39 is 11.9 Å². The van der Waals surface area contributed by atoms with Crippen molar-refractivity contribution >= 4 is 22.8 Å². The highest BCUT2D eigenvalue weighted by molar-refractivity contribution is 6.03. The number of nitrogens with one attached hydrogen (secondary N) is 1. The number of pyridine rings is 1. The van der Waals surface area contributed by atoms with E-state index in [1.54, 1.807) is 62.0 Å². The fraction of sp³-hybridized carbons (Fsp3) is 0.333. The molecule has 0 fully saturated rings. The number of oxazole rings is 1. The Bertz CT molecular complexity index is 1830. The molecule has 13 heteroatoms. The molecule has 224 valence electrons. The topological polar surface area (TPSA) is 148 Å². The molecule has 4 heterocycles. The van der Waals surface area contributed by atoms with Gasteiger partial charge >= 0.3 is 5.97 Å². The van der Waals surface area contributed by atoms with Crippen LogP contribution in [0.15, 0.2) is 34.9 Å². The van der Waals surface area contributed by atoms with Gasteiger partial charge in [0.25, 0.3) is 5.91 Å².